The Labute approximate surface area is 96.6 Å². The molecule has 0 aliphatic carbocycles. The molecule has 2 N–H and O–H groups in total. The Balaban J connectivity index is 2.37. The number of benzene rings is 1. The third kappa shape index (κ3) is 1.81. The summed E-state index contributed by atoms with van der Waals surface area (Å²) in [5.41, 5.74) is 0.481. The predicted molar refractivity (Wildman–Crippen MR) is 58.8 cm³/mol. The number of carbonyl (C=O) groups is 2. The van der Waals surface area contributed by atoms with Gasteiger partial charge >= 0.3 is 12.0 Å². The molecule has 5 nitrogen and oxygen atoms in total. The van der Waals surface area contributed by atoms with Crippen molar-refractivity contribution in [2.45, 2.75) is 6.04 Å². The molecule has 0 aromatic heterocycles. The lowest BCUT2D eigenvalue weighted by Crippen LogP contribution is -2.39. The van der Waals surface area contributed by atoms with Crippen molar-refractivity contribution in [1.82, 2.24) is 5.32 Å². The van der Waals surface area contributed by atoms with Crippen molar-refractivity contribution in [3.8, 4) is 0 Å². The highest BCUT2D eigenvalue weighted by Gasteiger charge is 2.36. The number of nitrogens with zero attached hydrogens (tertiary/aromatic N) is 1. The zero-order chi connectivity index (χ0) is 11.7. The predicted octanol–water partition coefficient (Wildman–Crippen LogP) is 1.32. The molecule has 1 aromatic carbocycles. The highest BCUT2D eigenvalue weighted by Crippen LogP contribution is 2.23. The highest BCUT2D eigenvalue weighted by atomic mass is 35.5. The minimum absolute atomic E-state index is 0.0979. The molecule has 1 aliphatic rings. The number of carboxylic acid groups (broad SMARTS) is 1. The molecular weight excluding hydrogens is 232 g/mol. The standard InChI is InChI=1S/C10H9ClN2O3/c11-6-2-1-3-7(4-6)13-8(9(14)15)5-12-10(13)16/h1-4,8H,5H2,(H,12,16)(H,14,15). The van der Waals surface area contributed by atoms with Gasteiger partial charge in [-0.1, -0.05) is 17.7 Å². The first-order valence-electron chi connectivity index (χ1n) is 4.65. The van der Waals surface area contributed by atoms with Crippen molar-refractivity contribution in [3.63, 3.8) is 0 Å². The molecule has 1 atom stereocenters. The fraction of sp³-hybridized carbons (Fsp3) is 0.200. The summed E-state index contributed by atoms with van der Waals surface area (Å²) >= 11 is 5.79. The van der Waals surface area contributed by atoms with E-state index in [2.05, 4.69) is 5.32 Å². The summed E-state index contributed by atoms with van der Waals surface area (Å²) in [6.45, 7) is 0.0979. The fourth-order valence-electron chi connectivity index (χ4n) is 1.62. The molecule has 84 valence electrons. The lowest BCUT2D eigenvalue weighted by atomic mass is 10.2. The van der Waals surface area contributed by atoms with E-state index in [1.54, 1.807) is 24.3 Å². The van der Waals surface area contributed by atoms with Crippen LogP contribution in [0.1, 0.15) is 0 Å². The highest BCUT2D eigenvalue weighted by molar-refractivity contribution is 6.31. The van der Waals surface area contributed by atoms with Crippen LogP contribution in [0.4, 0.5) is 10.5 Å². The van der Waals surface area contributed by atoms with Crippen LogP contribution in [0.15, 0.2) is 24.3 Å². The van der Waals surface area contributed by atoms with Crippen LogP contribution >= 0.6 is 11.6 Å². The number of carboxylic acids is 1. The van der Waals surface area contributed by atoms with E-state index in [4.69, 9.17) is 16.7 Å². The first-order chi connectivity index (χ1) is 7.59. The van der Waals surface area contributed by atoms with Crippen LogP contribution in [-0.4, -0.2) is 29.7 Å². The average molecular weight is 241 g/mol. The number of nitrogens with one attached hydrogen (secondary N) is 1. The van der Waals surface area contributed by atoms with Crippen LogP contribution in [-0.2, 0) is 4.79 Å². The van der Waals surface area contributed by atoms with E-state index in [0.717, 1.165) is 0 Å². The van der Waals surface area contributed by atoms with Crippen LogP contribution in [0.2, 0.25) is 5.02 Å². The summed E-state index contributed by atoms with van der Waals surface area (Å²) in [6.07, 6.45) is 0. The maximum absolute atomic E-state index is 11.5. The molecule has 1 unspecified atom stereocenters. The topological polar surface area (TPSA) is 69.6 Å². The van der Waals surface area contributed by atoms with E-state index in [1.165, 1.54) is 4.90 Å². The van der Waals surface area contributed by atoms with Crippen molar-refractivity contribution < 1.29 is 14.7 Å². The molecule has 0 saturated carbocycles. The SMILES string of the molecule is O=C(O)C1CNC(=O)N1c1cccc(Cl)c1. The Morgan fingerprint density at radius 3 is 2.94 bits per heavy atom. The van der Waals surface area contributed by atoms with Crippen LogP contribution in [0, 0.1) is 0 Å². The third-order valence-electron chi connectivity index (χ3n) is 2.35. The molecule has 0 radical (unpaired) electrons. The van der Waals surface area contributed by atoms with Gasteiger partial charge in [-0.25, -0.2) is 9.59 Å². The number of rotatable bonds is 2. The van der Waals surface area contributed by atoms with E-state index in [0.29, 0.717) is 10.7 Å². The number of carbonyl (C=O) groups excluding carboxylic acids is 1. The first-order valence-corrected chi connectivity index (χ1v) is 5.03. The molecule has 2 amide bonds. The number of halogens is 1. The lowest BCUT2D eigenvalue weighted by molar-refractivity contribution is -0.137. The van der Waals surface area contributed by atoms with Gasteiger partial charge in [0.1, 0.15) is 0 Å². The van der Waals surface area contributed by atoms with Gasteiger partial charge < -0.3 is 10.4 Å². The van der Waals surface area contributed by atoms with E-state index < -0.39 is 18.0 Å². The molecule has 16 heavy (non-hydrogen) atoms. The van der Waals surface area contributed by atoms with Gasteiger partial charge in [0.25, 0.3) is 0 Å². The Morgan fingerprint density at radius 1 is 1.56 bits per heavy atom. The summed E-state index contributed by atoms with van der Waals surface area (Å²) in [5, 5.41) is 11.9. The summed E-state index contributed by atoms with van der Waals surface area (Å²) in [5.74, 6) is -1.04. The molecule has 1 heterocycles. The Bertz CT molecular complexity index is 449. The summed E-state index contributed by atoms with van der Waals surface area (Å²) in [7, 11) is 0. The van der Waals surface area contributed by atoms with Crippen molar-refractivity contribution >= 4 is 29.3 Å². The molecular formula is C10H9ClN2O3. The Hall–Kier alpha value is -1.75. The molecule has 1 aliphatic heterocycles. The molecule has 0 spiro atoms. The maximum atomic E-state index is 11.5. The molecule has 0 bridgehead atoms. The van der Waals surface area contributed by atoms with Crippen LogP contribution in [0.5, 0.6) is 0 Å². The molecule has 1 saturated heterocycles. The number of hydrogen-bond donors (Lipinski definition) is 2. The zero-order valence-electron chi connectivity index (χ0n) is 8.18. The van der Waals surface area contributed by atoms with Gasteiger partial charge in [-0.2, -0.15) is 0 Å². The second kappa shape index (κ2) is 4.02. The number of urea groups is 1. The van der Waals surface area contributed by atoms with Crippen molar-refractivity contribution in [2.75, 3.05) is 11.4 Å². The molecule has 1 aromatic rings. The van der Waals surface area contributed by atoms with Crippen molar-refractivity contribution in [3.05, 3.63) is 29.3 Å². The third-order valence-corrected chi connectivity index (χ3v) is 2.58. The van der Waals surface area contributed by atoms with Gasteiger partial charge in [0.05, 0.1) is 6.54 Å². The quantitative estimate of drug-likeness (QED) is 0.819. The van der Waals surface area contributed by atoms with Gasteiger partial charge in [-0.15, -0.1) is 0 Å². The van der Waals surface area contributed by atoms with Gasteiger partial charge in [0.15, 0.2) is 6.04 Å². The Kier molecular flexibility index (Phi) is 2.70. The normalized spacial score (nSPS) is 19.7. The number of aliphatic carboxylic acids is 1. The minimum atomic E-state index is -1.04. The number of hydrogen-bond acceptors (Lipinski definition) is 2. The van der Waals surface area contributed by atoms with Gasteiger partial charge in [0, 0.05) is 10.7 Å². The largest absolute Gasteiger partial charge is 0.480 e. The van der Waals surface area contributed by atoms with Gasteiger partial charge in [0.2, 0.25) is 0 Å². The Morgan fingerprint density at radius 2 is 2.31 bits per heavy atom. The van der Waals surface area contributed by atoms with Crippen molar-refractivity contribution in [1.29, 1.82) is 0 Å². The second-order valence-corrected chi connectivity index (χ2v) is 3.83. The number of anilines is 1. The number of amides is 2. The second-order valence-electron chi connectivity index (χ2n) is 3.39. The van der Waals surface area contributed by atoms with Gasteiger partial charge in [-0.05, 0) is 18.2 Å². The minimum Gasteiger partial charge on any atom is -0.480 e. The summed E-state index contributed by atoms with van der Waals surface area (Å²) in [6, 6.07) is 5.23. The van der Waals surface area contributed by atoms with Crippen LogP contribution in [0.3, 0.4) is 0 Å². The maximum Gasteiger partial charge on any atom is 0.328 e. The molecule has 1 fully saturated rings. The molecule has 6 heteroatoms. The smallest absolute Gasteiger partial charge is 0.328 e. The van der Waals surface area contributed by atoms with E-state index in [1.807, 2.05) is 0 Å². The lowest BCUT2D eigenvalue weighted by Gasteiger charge is -2.19. The van der Waals surface area contributed by atoms with Crippen LogP contribution < -0.4 is 10.2 Å². The van der Waals surface area contributed by atoms with Gasteiger partial charge in [-0.3, -0.25) is 4.90 Å². The first kappa shape index (κ1) is 10.8. The van der Waals surface area contributed by atoms with Crippen molar-refractivity contribution in [2.24, 2.45) is 0 Å². The zero-order valence-corrected chi connectivity index (χ0v) is 8.94. The van der Waals surface area contributed by atoms with Crippen LogP contribution in [0.25, 0.3) is 0 Å². The van der Waals surface area contributed by atoms with E-state index >= 15 is 0 Å². The summed E-state index contributed by atoms with van der Waals surface area (Å²) < 4.78 is 0. The fourth-order valence-corrected chi connectivity index (χ4v) is 1.81. The average Bonchev–Trinajstić information content (AvgIpc) is 2.60. The van der Waals surface area contributed by atoms with E-state index in [-0.39, 0.29) is 6.54 Å². The molecule has 2 rings (SSSR count). The monoisotopic (exact) mass is 240 g/mol. The summed E-state index contributed by atoms with van der Waals surface area (Å²) in [4.78, 5) is 23.6. The van der Waals surface area contributed by atoms with E-state index in [9.17, 15) is 9.59 Å².